The topological polar surface area (TPSA) is 51.0 Å². The van der Waals surface area contributed by atoms with Crippen molar-refractivity contribution in [3.63, 3.8) is 0 Å². The standard InChI is InChI=1S/C23H26N4O/c28-23(26-12-6-10-18-9-4-5-11-21(18)26)20-13-19-15-25-27(22(19)24-14-20)16-17-7-2-1-3-8-17/h1-3,7-8,13-15,18,21H,4-6,9-12,16H2/t18-,21-/m1/s1. The number of nitrogens with zero attached hydrogens (tertiary/aromatic N) is 4. The van der Waals surface area contributed by atoms with Gasteiger partial charge in [-0.05, 0) is 43.2 Å². The molecule has 2 aromatic heterocycles. The smallest absolute Gasteiger partial charge is 0.255 e. The van der Waals surface area contributed by atoms with Gasteiger partial charge in [0.25, 0.3) is 5.91 Å². The SMILES string of the molecule is O=C(c1cnc2c(cnn2Cc2ccccc2)c1)N1CCC[C@H]2CCCC[C@H]21. The first kappa shape index (κ1) is 17.4. The zero-order chi connectivity index (χ0) is 18.9. The van der Waals surface area contributed by atoms with Crippen LogP contribution in [0.1, 0.15) is 54.4 Å². The molecule has 1 aliphatic heterocycles. The van der Waals surface area contributed by atoms with Crippen molar-refractivity contribution in [2.24, 2.45) is 5.92 Å². The molecule has 5 rings (SSSR count). The number of carbonyl (C=O) groups is 1. The number of rotatable bonds is 3. The number of piperidine rings is 1. The van der Waals surface area contributed by atoms with E-state index in [1.54, 1.807) is 6.20 Å². The summed E-state index contributed by atoms with van der Waals surface area (Å²) in [7, 11) is 0. The summed E-state index contributed by atoms with van der Waals surface area (Å²) >= 11 is 0. The van der Waals surface area contributed by atoms with E-state index < -0.39 is 0 Å². The molecule has 2 fully saturated rings. The van der Waals surface area contributed by atoms with Crippen LogP contribution in [0.5, 0.6) is 0 Å². The number of carbonyl (C=O) groups excluding carboxylic acids is 1. The molecule has 1 aliphatic carbocycles. The van der Waals surface area contributed by atoms with Gasteiger partial charge in [0.05, 0.1) is 18.3 Å². The molecular formula is C23H26N4O. The Hall–Kier alpha value is -2.69. The average Bonchev–Trinajstić information content (AvgIpc) is 3.15. The minimum atomic E-state index is 0.141. The van der Waals surface area contributed by atoms with Crippen molar-refractivity contribution in [2.75, 3.05) is 6.54 Å². The summed E-state index contributed by atoms with van der Waals surface area (Å²) in [5.74, 6) is 0.832. The van der Waals surface area contributed by atoms with Crippen molar-refractivity contribution in [1.82, 2.24) is 19.7 Å². The zero-order valence-corrected chi connectivity index (χ0v) is 16.1. The van der Waals surface area contributed by atoms with Gasteiger partial charge in [-0.2, -0.15) is 5.10 Å². The Morgan fingerprint density at radius 1 is 1.04 bits per heavy atom. The molecule has 1 amide bonds. The molecular weight excluding hydrogens is 348 g/mol. The van der Waals surface area contributed by atoms with Crippen LogP contribution < -0.4 is 0 Å². The highest BCUT2D eigenvalue weighted by molar-refractivity contribution is 5.97. The summed E-state index contributed by atoms with van der Waals surface area (Å²) < 4.78 is 1.90. The fourth-order valence-corrected chi connectivity index (χ4v) is 5.00. The number of fused-ring (bicyclic) bond motifs is 2. The summed E-state index contributed by atoms with van der Waals surface area (Å²) in [6, 6.07) is 12.6. The number of benzene rings is 1. The van der Waals surface area contributed by atoms with Crippen LogP contribution in [0.25, 0.3) is 11.0 Å². The summed E-state index contributed by atoms with van der Waals surface area (Å²) in [5.41, 5.74) is 2.71. The fraction of sp³-hybridized carbons (Fsp3) is 0.435. The van der Waals surface area contributed by atoms with E-state index in [4.69, 9.17) is 0 Å². The lowest BCUT2D eigenvalue weighted by molar-refractivity contribution is 0.0390. The second-order valence-corrected chi connectivity index (χ2v) is 8.18. The fourth-order valence-electron chi connectivity index (χ4n) is 5.00. The Kier molecular flexibility index (Phi) is 4.59. The van der Waals surface area contributed by atoms with Gasteiger partial charge in [0.2, 0.25) is 0 Å². The van der Waals surface area contributed by atoms with Gasteiger partial charge in [-0.3, -0.25) is 4.79 Å². The molecule has 5 heteroatoms. The van der Waals surface area contributed by atoms with Crippen LogP contribution in [0.15, 0.2) is 48.8 Å². The lowest BCUT2D eigenvalue weighted by Crippen LogP contribution is -2.49. The molecule has 0 N–H and O–H groups in total. The van der Waals surface area contributed by atoms with E-state index in [2.05, 4.69) is 27.1 Å². The van der Waals surface area contributed by atoms with Crippen molar-refractivity contribution in [1.29, 1.82) is 0 Å². The lowest BCUT2D eigenvalue weighted by atomic mass is 9.78. The Morgan fingerprint density at radius 2 is 1.86 bits per heavy atom. The Labute approximate surface area is 165 Å². The molecule has 1 saturated heterocycles. The molecule has 0 bridgehead atoms. The van der Waals surface area contributed by atoms with Crippen LogP contribution in [0.4, 0.5) is 0 Å². The molecule has 28 heavy (non-hydrogen) atoms. The molecule has 2 atom stereocenters. The second kappa shape index (κ2) is 7.38. The van der Waals surface area contributed by atoms with E-state index in [0.29, 0.717) is 24.1 Å². The Bertz CT molecular complexity index is 979. The highest BCUT2D eigenvalue weighted by Crippen LogP contribution is 2.36. The van der Waals surface area contributed by atoms with Crippen LogP contribution in [0.2, 0.25) is 0 Å². The maximum atomic E-state index is 13.3. The van der Waals surface area contributed by atoms with Gasteiger partial charge in [-0.1, -0.05) is 43.2 Å². The quantitative estimate of drug-likeness (QED) is 0.688. The van der Waals surface area contributed by atoms with Crippen molar-refractivity contribution in [3.8, 4) is 0 Å². The molecule has 5 nitrogen and oxygen atoms in total. The first-order chi connectivity index (χ1) is 13.8. The minimum absolute atomic E-state index is 0.141. The average molecular weight is 374 g/mol. The summed E-state index contributed by atoms with van der Waals surface area (Å²) in [4.78, 5) is 20.0. The van der Waals surface area contributed by atoms with Gasteiger partial charge in [0.1, 0.15) is 0 Å². The monoisotopic (exact) mass is 374 g/mol. The van der Waals surface area contributed by atoms with Gasteiger partial charge in [0.15, 0.2) is 5.65 Å². The normalized spacial score (nSPS) is 22.2. The molecule has 2 aliphatic rings. The van der Waals surface area contributed by atoms with E-state index in [1.165, 1.54) is 31.2 Å². The summed E-state index contributed by atoms with van der Waals surface area (Å²) in [6.07, 6.45) is 10.9. The van der Waals surface area contributed by atoms with Crippen molar-refractivity contribution >= 4 is 16.9 Å². The molecule has 1 aromatic carbocycles. The summed E-state index contributed by atoms with van der Waals surface area (Å²) in [6.45, 7) is 1.56. The third kappa shape index (κ3) is 3.19. The third-order valence-corrected chi connectivity index (χ3v) is 6.40. The van der Waals surface area contributed by atoms with Gasteiger partial charge in [-0.25, -0.2) is 9.67 Å². The molecule has 3 heterocycles. The number of amides is 1. The lowest BCUT2D eigenvalue weighted by Gasteiger charge is -2.44. The molecule has 0 radical (unpaired) electrons. The van der Waals surface area contributed by atoms with Crippen molar-refractivity contribution < 1.29 is 4.79 Å². The van der Waals surface area contributed by atoms with Gasteiger partial charge < -0.3 is 4.90 Å². The van der Waals surface area contributed by atoms with Crippen LogP contribution in [0, 0.1) is 5.92 Å². The van der Waals surface area contributed by atoms with E-state index in [9.17, 15) is 4.79 Å². The van der Waals surface area contributed by atoms with Crippen LogP contribution in [-0.2, 0) is 6.54 Å². The van der Waals surface area contributed by atoms with Crippen molar-refractivity contribution in [2.45, 2.75) is 51.1 Å². The van der Waals surface area contributed by atoms with Crippen molar-refractivity contribution in [3.05, 3.63) is 59.9 Å². The van der Waals surface area contributed by atoms with Crippen LogP contribution in [0.3, 0.4) is 0 Å². The predicted octanol–water partition coefficient (Wildman–Crippen LogP) is 4.27. The number of pyridine rings is 1. The number of likely N-dealkylation sites (tertiary alicyclic amines) is 1. The van der Waals surface area contributed by atoms with Crippen LogP contribution in [-0.4, -0.2) is 38.2 Å². The predicted molar refractivity (Wildman–Crippen MR) is 109 cm³/mol. The maximum absolute atomic E-state index is 13.3. The first-order valence-corrected chi connectivity index (χ1v) is 10.5. The van der Waals surface area contributed by atoms with E-state index in [1.807, 2.05) is 35.1 Å². The van der Waals surface area contributed by atoms with Crippen LogP contribution >= 0.6 is 0 Å². The minimum Gasteiger partial charge on any atom is -0.335 e. The van der Waals surface area contributed by atoms with Gasteiger partial charge in [-0.15, -0.1) is 0 Å². The third-order valence-electron chi connectivity index (χ3n) is 6.40. The Morgan fingerprint density at radius 3 is 2.75 bits per heavy atom. The van der Waals surface area contributed by atoms with E-state index in [-0.39, 0.29) is 5.91 Å². The van der Waals surface area contributed by atoms with E-state index in [0.717, 1.165) is 30.4 Å². The highest BCUT2D eigenvalue weighted by Gasteiger charge is 2.36. The van der Waals surface area contributed by atoms with Gasteiger partial charge >= 0.3 is 0 Å². The van der Waals surface area contributed by atoms with Gasteiger partial charge in [0, 0.05) is 24.2 Å². The zero-order valence-electron chi connectivity index (χ0n) is 16.1. The molecule has 144 valence electrons. The molecule has 0 spiro atoms. The molecule has 0 unspecified atom stereocenters. The molecule has 3 aromatic rings. The maximum Gasteiger partial charge on any atom is 0.255 e. The second-order valence-electron chi connectivity index (χ2n) is 8.18. The molecule has 1 saturated carbocycles. The number of aromatic nitrogens is 3. The number of hydrogen-bond donors (Lipinski definition) is 0. The first-order valence-electron chi connectivity index (χ1n) is 10.5. The largest absolute Gasteiger partial charge is 0.335 e. The Balaban J connectivity index is 1.40. The highest BCUT2D eigenvalue weighted by atomic mass is 16.2. The number of hydrogen-bond acceptors (Lipinski definition) is 3. The van der Waals surface area contributed by atoms with E-state index >= 15 is 0 Å². The summed E-state index contributed by atoms with van der Waals surface area (Å²) in [5, 5.41) is 5.43.